The molecule has 4 saturated carbocycles. The molecule has 250 valence electrons. The lowest BCUT2D eigenvalue weighted by Gasteiger charge is -2.54. The lowest BCUT2D eigenvalue weighted by molar-refractivity contribution is -0.125. The molecule has 4 bridgehead atoms. The Bertz CT molecular complexity index is 1700. The Kier molecular flexibility index (Phi) is 9.54. The van der Waals surface area contributed by atoms with Gasteiger partial charge < -0.3 is 34.9 Å². The van der Waals surface area contributed by atoms with Gasteiger partial charge in [-0.25, -0.2) is 0 Å². The van der Waals surface area contributed by atoms with E-state index in [1.165, 1.54) is 53.7 Å². The van der Waals surface area contributed by atoms with Crippen molar-refractivity contribution in [2.24, 2.45) is 23.7 Å². The van der Waals surface area contributed by atoms with Crippen molar-refractivity contribution in [2.75, 3.05) is 19.4 Å². The van der Waals surface area contributed by atoms with Crippen molar-refractivity contribution in [3.63, 3.8) is 0 Å². The van der Waals surface area contributed by atoms with E-state index in [0.717, 1.165) is 17.2 Å². The van der Waals surface area contributed by atoms with Crippen LogP contribution in [0, 0.1) is 30.6 Å². The van der Waals surface area contributed by atoms with Crippen LogP contribution in [0.3, 0.4) is 0 Å². The maximum atomic E-state index is 13.4. The zero-order valence-electron chi connectivity index (χ0n) is 27.3. The number of hydrogen-bond acceptors (Lipinski definition) is 7. The van der Waals surface area contributed by atoms with Crippen LogP contribution in [-0.4, -0.2) is 64.7 Å². The maximum Gasteiger partial charge on any atom is 0.287 e. The van der Waals surface area contributed by atoms with Gasteiger partial charge in [0.2, 0.25) is 11.8 Å². The van der Waals surface area contributed by atoms with E-state index in [1.807, 2.05) is 18.2 Å². The number of anilines is 1. The van der Waals surface area contributed by atoms with Crippen LogP contribution in [0.1, 0.15) is 61.1 Å². The van der Waals surface area contributed by atoms with E-state index in [4.69, 9.17) is 4.42 Å². The van der Waals surface area contributed by atoms with Gasteiger partial charge in [0.1, 0.15) is 24.0 Å². The van der Waals surface area contributed by atoms with E-state index in [0.29, 0.717) is 29.4 Å². The Morgan fingerprint density at radius 1 is 1.04 bits per heavy atom. The molecule has 2 aromatic heterocycles. The van der Waals surface area contributed by atoms with Gasteiger partial charge in [0, 0.05) is 37.3 Å². The lowest BCUT2D eigenvalue weighted by Crippen LogP contribution is -2.56. The number of fused-ring (bicyclic) bond motifs is 1. The summed E-state index contributed by atoms with van der Waals surface area (Å²) >= 11 is 0. The number of pyridine rings is 1. The average Bonchev–Trinajstić information content (AvgIpc) is 3.38. The number of rotatable bonds is 12. The topological polar surface area (TPSA) is 146 Å². The Hall–Kier alpha value is -4.38. The fraction of sp³-hybridized carbons (Fsp3) is 0.500. The van der Waals surface area contributed by atoms with Crippen LogP contribution < -0.4 is 21.5 Å². The third-order valence-electron chi connectivity index (χ3n) is 10.3. The van der Waals surface area contributed by atoms with E-state index in [2.05, 4.69) is 16.0 Å². The number of nitrogens with zero attached hydrogens (tertiary/aromatic N) is 2. The molecule has 4 aliphatic carbocycles. The van der Waals surface area contributed by atoms with Gasteiger partial charge in [0.15, 0.2) is 5.76 Å². The summed E-state index contributed by atoms with van der Waals surface area (Å²) in [6.45, 7) is 1.68. The second-order valence-electron chi connectivity index (χ2n) is 13.8. The van der Waals surface area contributed by atoms with Crippen molar-refractivity contribution in [1.82, 2.24) is 20.1 Å². The van der Waals surface area contributed by atoms with E-state index in [-0.39, 0.29) is 42.3 Å². The molecule has 2 atom stereocenters. The maximum absolute atomic E-state index is 13.4. The number of carbonyl (C=O) groups excluding carboxylic acids is 3. The molecule has 1 aromatic carbocycles. The number of benzene rings is 1. The molecule has 47 heavy (non-hydrogen) atoms. The van der Waals surface area contributed by atoms with Crippen molar-refractivity contribution in [2.45, 2.75) is 76.7 Å². The molecule has 3 amide bonds. The zero-order valence-corrected chi connectivity index (χ0v) is 27.3. The highest BCUT2D eigenvalue weighted by Gasteiger charge is 2.48. The summed E-state index contributed by atoms with van der Waals surface area (Å²) < 4.78 is 7.17. The second kappa shape index (κ2) is 13.8. The van der Waals surface area contributed by atoms with E-state index in [9.17, 15) is 24.3 Å². The predicted molar refractivity (Wildman–Crippen MR) is 179 cm³/mol. The number of aromatic nitrogens is 1. The monoisotopic (exact) mass is 643 g/mol. The SMILES string of the molecule is Cc1c(C(=O)N[C@@H](CC/C=C/C(=O)N(C)C)C(O)Nc2cccn(CC(=O)NC3C4CC5CC(C4)CC3C5)c2=O)oc2ccccc12. The smallest absolute Gasteiger partial charge is 0.287 e. The molecule has 0 spiro atoms. The number of likely N-dealkylation sites (N-methyl/N-ethyl adjacent to an activating group) is 1. The van der Waals surface area contributed by atoms with Crippen LogP contribution in [-0.2, 0) is 16.1 Å². The summed E-state index contributed by atoms with van der Waals surface area (Å²) in [7, 11) is 3.30. The first-order chi connectivity index (χ1) is 22.6. The average molecular weight is 644 g/mol. The Morgan fingerprint density at radius 2 is 1.74 bits per heavy atom. The standard InChI is InChI=1S/C36H45N5O6/c1-21-26-9-4-6-12-29(26)47-33(21)35(45)37-27(10-5-7-13-31(43)40(2)3)34(44)38-28-11-8-14-41(36(28)46)20-30(42)39-32-24-16-22-15-23(18-24)19-25(32)17-22/h4,6-9,11-14,22-25,27,32,34,38,44H,5,10,15-20H2,1-3H3,(H,37,45)(H,39,42)/b13-7+/t22?,23?,24?,25?,27-,32?,34?/m0/s1. The molecule has 0 saturated heterocycles. The molecule has 0 aliphatic heterocycles. The predicted octanol–water partition coefficient (Wildman–Crippen LogP) is 3.80. The van der Waals surface area contributed by atoms with Crippen molar-refractivity contribution in [3.05, 3.63) is 76.4 Å². The van der Waals surface area contributed by atoms with Crippen LogP contribution in [0.15, 0.2) is 64.0 Å². The minimum absolute atomic E-state index is 0.0971. The summed E-state index contributed by atoms with van der Waals surface area (Å²) in [5, 5.41) is 21.1. The van der Waals surface area contributed by atoms with Gasteiger partial charge in [-0.2, -0.15) is 0 Å². The summed E-state index contributed by atoms with van der Waals surface area (Å²) in [6, 6.07) is 9.84. The lowest BCUT2D eigenvalue weighted by atomic mass is 9.54. The van der Waals surface area contributed by atoms with E-state index >= 15 is 0 Å². The first kappa shape index (κ1) is 32.6. The quantitative estimate of drug-likeness (QED) is 0.174. The van der Waals surface area contributed by atoms with Gasteiger partial charge in [-0.05, 0) is 99.8 Å². The molecule has 4 N–H and O–H groups in total. The van der Waals surface area contributed by atoms with Crippen LogP contribution in [0.2, 0.25) is 0 Å². The molecule has 0 radical (unpaired) electrons. The number of aryl methyl sites for hydroxylation is 1. The first-order valence-corrected chi connectivity index (χ1v) is 16.7. The minimum atomic E-state index is -1.37. The molecular formula is C36H45N5O6. The van der Waals surface area contributed by atoms with E-state index < -0.39 is 23.7 Å². The largest absolute Gasteiger partial charge is 0.451 e. The summed E-state index contributed by atoms with van der Waals surface area (Å²) in [5.74, 6) is 1.92. The number of hydrogen-bond donors (Lipinski definition) is 4. The van der Waals surface area contributed by atoms with Crippen LogP contribution in [0.4, 0.5) is 5.69 Å². The molecule has 4 fully saturated rings. The van der Waals surface area contributed by atoms with Crippen molar-refractivity contribution in [1.29, 1.82) is 0 Å². The van der Waals surface area contributed by atoms with Gasteiger partial charge in [-0.15, -0.1) is 0 Å². The number of allylic oxidation sites excluding steroid dienone is 1. The molecule has 11 nitrogen and oxygen atoms in total. The normalized spacial score (nSPS) is 24.3. The van der Waals surface area contributed by atoms with Gasteiger partial charge in [-0.3, -0.25) is 19.2 Å². The Morgan fingerprint density at radius 3 is 2.43 bits per heavy atom. The molecule has 11 heteroatoms. The highest BCUT2D eigenvalue weighted by molar-refractivity contribution is 5.99. The molecule has 7 rings (SSSR count). The number of carbonyl (C=O) groups is 3. The van der Waals surface area contributed by atoms with Crippen molar-refractivity contribution in [3.8, 4) is 0 Å². The molecule has 4 aliphatic rings. The zero-order chi connectivity index (χ0) is 33.2. The summed E-state index contributed by atoms with van der Waals surface area (Å²) in [6.07, 6.45) is 10.0. The van der Waals surface area contributed by atoms with Crippen LogP contribution in [0.25, 0.3) is 11.0 Å². The van der Waals surface area contributed by atoms with Crippen molar-refractivity contribution >= 4 is 34.4 Å². The second-order valence-corrected chi connectivity index (χ2v) is 13.8. The number of aliphatic hydroxyl groups is 1. The molecule has 3 aromatic rings. The molecule has 1 unspecified atom stereocenters. The van der Waals surface area contributed by atoms with Crippen LogP contribution in [0.5, 0.6) is 0 Å². The van der Waals surface area contributed by atoms with Gasteiger partial charge >= 0.3 is 0 Å². The van der Waals surface area contributed by atoms with Crippen LogP contribution >= 0.6 is 0 Å². The summed E-state index contributed by atoms with van der Waals surface area (Å²) in [5.41, 5.74) is 0.891. The van der Waals surface area contributed by atoms with E-state index in [1.54, 1.807) is 45.4 Å². The Labute approximate surface area is 274 Å². The van der Waals surface area contributed by atoms with Crippen molar-refractivity contribution < 1.29 is 23.9 Å². The third kappa shape index (κ3) is 7.15. The number of aliphatic hydroxyl groups excluding tert-OH is 1. The number of nitrogens with one attached hydrogen (secondary N) is 3. The first-order valence-electron chi connectivity index (χ1n) is 16.7. The summed E-state index contributed by atoms with van der Waals surface area (Å²) in [4.78, 5) is 53.4. The highest BCUT2D eigenvalue weighted by Crippen LogP contribution is 2.53. The van der Waals surface area contributed by atoms with Gasteiger partial charge in [0.25, 0.3) is 11.5 Å². The van der Waals surface area contributed by atoms with Gasteiger partial charge in [-0.1, -0.05) is 24.3 Å². The third-order valence-corrected chi connectivity index (χ3v) is 10.3. The molecule has 2 heterocycles. The Balaban J connectivity index is 1.13. The fourth-order valence-electron chi connectivity index (χ4n) is 8.12. The highest BCUT2D eigenvalue weighted by atomic mass is 16.3. The number of furan rings is 1. The number of amides is 3. The minimum Gasteiger partial charge on any atom is -0.451 e. The fourth-order valence-corrected chi connectivity index (χ4v) is 8.12. The number of para-hydroxylation sites is 1. The molecular weight excluding hydrogens is 598 g/mol. The van der Waals surface area contributed by atoms with Gasteiger partial charge in [0.05, 0.1) is 6.04 Å².